The summed E-state index contributed by atoms with van der Waals surface area (Å²) in [4.78, 5) is 19.0. The SMILES string of the molecule is O=C(O)c1cccc2[nH]c(-c3ccc(Cc4ccccc4)cc3)nc12. The third kappa shape index (κ3) is 3.02. The molecule has 0 atom stereocenters. The first-order chi connectivity index (χ1) is 12.2. The summed E-state index contributed by atoms with van der Waals surface area (Å²) in [5, 5.41) is 9.29. The minimum Gasteiger partial charge on any atom is -0.478 e. The van der Waals surface area contributed by atoms with Crippen molar-refractivity contribution < 1.29 is 9.90 Å². The fourth-order valence-corrected chi connectivity index (χ4v) is 2.95. The molecule has 0 radical (unpaired) electrons. The van der Waals surface area contributed by atoms with E-state index in [1.54, 1.807) is 12.1 Å². The van der Waals surface area contributed by atoms with E-state index in [4.69, 9.17) is 0 Å². The predicted octanol–water partition coefficient (Wildman–Crippen LogP) is 4.52. The number of imidazole rings is 1. The van der Waals surface area contributed by atoms with Gasteiger partial charge in [-0.05, 0) is 29.7 Å². The number of aromatic amines is 1. The van der Waals surface area contributed by atoms with Crippen LogP contribution in [-0.2, 0) is 6.42 Å². The van der Waals surface area contributed by atoms with Crippen molar-refractivity contribution in [2.45, 2.75) is 6.42 Å². The van der Waals surface area contributed by atoms with Gasteiger partial charge in [0.1, 0.15) is 11.3 Å². The summed E-state index contributed by atoms with van der Waals surface area (Å²) in [5.74, 6) is -0.295. The molecule has 1 aromatic heterocycles. The summed E-state index contributed by atoms with van der Waals surface area (Å²) < 4.78 is 0. The van der Waals surface area contributed by atoms with Gasteiger partial charge in [0.25, 0.3) is 0 Å². The number of aromatic nitrogens is 2. The van der Waals surface area contributed by atoms with Gasteiger partial charge in [0, 0.05) is 5.56 Å². The average molecular weight is 328 g/mol. The van der Waals surface area contributed by atoms with Crippen molar-refractivity contribution in [2.24, 2.45) is 0 Å². The molecule has 1 heterocycles. The number of aromatic carboxylic acids is 1. The largest absolute Gasteiger partial charge is 0.478 e. The number of H-pyrrole nitrogens is 1. The van der Waals surface area contributed by atoms with Gasteiger partial charge in [0.15, 0.2) is 0 Å². The quantitative estimate of drug-likeness (QED) is 0.579. The standard InChI is InChI=1S/C21H16N2O2/c24-21(25)17-7-4-8-18-19(17)23-20(22-18)16-11-9-15(10-12-16)13-14-5-2-1-3-6-14/h1-12H,13H2,(H,22,23)(H,24,25). The molecule has 4 heteroatoms. The van der Waals surface area contributed by atoms with Crippen LogP contribution in [0.1, 0.15) is 21.5 Å². The number of para-hydroxylation sites is 1. The first kappa shape index (κ1) is 15.1. The van der Waals surface area contributed by atoms with Gasteiger partial charge in [0.2, 0.25) is 0 Å². The molecule has 0 amide bonds. The van der Waals surface area contributed by atoms with Crippen molar-refractivity contribution in [3.8, 4) is 11.4 Å². The fourth-order valence-electron chi connectivity index (χ4n) is 2.95. The van der Waals surface area contributed by atoms with E-state index in [1.165, 1.54) is 11.1 Å². The molecule has 4 rings (SSSR count). The van der Waals surface area contributed by atoms with Gasteiger partial charge >= 0.3 is 5.97 Å². The van der Waals surface area contributed by atoms with Crippen molar-refractivity contribution in [1.29, 1.82) is 0 Å². The molecule has 4 nitrogen and oxygen atoms in total. The Bertz CT molecular complexity index is 1030. The van der Waals surface area contributed by atoms with Gasteiger partial charge in [-0.3, -0.25) is 0 Å². The lowest BCUT2D eigenvalue weighted by Crippen LogP contribution is -1.96. The molecule has 3 aromatic carbocycles. The molecular weight excluding hydrogens is 312 g/mol. The Balaban J connectivity index is 1.65. The molecule has 0 spiro atoms. The van der Waals surface area contributed by atoms with E-state index in [1.807, 2.05) is 36.4 Å². The second-order valence-corrected chi connectivity index (χ2v) is 5.95. The number of nitrogens with zero attached hydrogens (tertiary/aromatic N) is 1. The predicted molar refractivity (Wildman–Crippen MR) is 97.7 cm³/mol. The summed E-state index contributed by atoms with van der Waals surface area (Å²) in [6.45, 7) is 0. The molecule has 0 aliphatic carbocycles. The molecular formula is C21H16N2O2. The van der Waals surface area contributed by atoms with Gasteiger partial charge in [0.05, 0.1) is 11.1 Å². The van der Waals surface area contributed by atoms with E-state index in [0.29, 0.717) is 11.3 Å². The van der Waals surface area contributed by atoms with Crippen molar-refractivity contribution in [1.82, 2.24) is 9.97 Å². The van der Waals surface area contributed by atoms with Crippen LogP contribution in [0, 0.1) is 0 Å². The van der Waals surface area contributed by atoms with Crippen LogP contribution in [0.4, 0.5) is 0 Å². The third-order valence-corrected chi connectivity index (χ3v) is 4.22. The van der Waals surface area contributed by atoms with Crippen molar-refractivity contribution in [2.75, 3.05) is 0 Å². The Kier molecular flexibility index (Phi) is 3.78. The number of rotatable bonds is 4. The molecule has 0 bridgehead atoms. The Labute approximate surface area is 144 Å². The molecule has 0 aliphatic rings. The zero-order chi connectivity index (χ0) is 17.2. The number of hydrogen-bond donors (Lipinski definition) is 2. The van der Waals surface area contributed by atoms with Gasteiger partial charge < -0.3 is 10.1 Å². The lowest BCUT2D eigenvalue weighted by Gasteiger charge is -2.03. The lowest BCUT2D eigenvalue weighted by atomic mass is 10.0. The van der Waals surface area contributed by atoms with Gasteiger partial charge in [-0.1, -0.05) is 60.7 Å². The molecule has 25 heavy (non-hydrogen) atoms. The first-order valence-electron chi connectivity index (χ1n) is 8.06. The number of hydrogen-bond acceptors (Lipinski definition) is 2. The monoisotopic (exact) mass is 328 g/mol. The minimum absolute atomic E-state index is 0.209. The highest BCUT2D eigenvalue weighted by molar-refractivity contribution is 6.01. The van der Waals surface area contributed by atoms with Crippen LogP contribution in [0.3, 0.4) is 0 Å². The van der Waals surface area contributed by atoms with Crippen LogP contribution in [0.15, 0.2) is 72.8 Å². The lowest BCUT2D eigenvalue weighted by molar-refractivity contribution is 0.0699. The Morgan fingerprint density at radius 2 is 1.60 bits per heavy atom. The Morgan fingerprint density at radius 3 is 2.32 bits per heavy atom. The van der Waals surface area contributed by atoms with Crippen LogP contribution >= 0.6 is 0 Å². The normalized spacial score (nSPS) is 10.9. The zero-order valence-electron chi connectivity index (χ0n) is 13.4. The second-order valence-electron chi connectivity index (χ2n) is 5.95. The van der Waals surface area contributed by atoms with Crippen LogP contribution < -0.4 is 0 Å². The molecule has 2 N–H and O–H groups in total. The minimum atomic E-state index is -0.971. The topological polar surface area (TPSA) is 66.0 Å². The number of carboxylic acid groups (broad SMARTS) is 1. The van der Waals surface area contributed by atoms with Crippen LogP contribution in [0.5, 0.6) is 0 Å². The summed E-state index contributed by atoms with van der Waals surface area (Å²) in [6.07, 6.45) is 0.879. The first-order valence-corrected chi connectivity index (χ1v) is 8.06. The van der Waals surface area contributed by atoms with E-state index >= 15 is 0 Å². The summed E-state index contributed by atoms with van der Waals surface area (Å²) in [7, 11) is 0. The summed E-state index contributed by atoms with van der Waals surface area (Å²) in [6, 6.07) is 23.6. The molecule has 4 aromatic rings. The number of carbonyl (C=O) groups is 1. The highest BCUT2D eigenvalue weighted by Gasteiger charge is 2.13. The number of benzene rings is 3. The van der Waals surface area contributed by atoms with Crippen LogP contribution in [-0.4, -0.2) is 21.0 Å². The number of carboxylic acids is 1. The van der Waals surface area contributed by atoms with E-state index in [9.17, 15) is 9.90 Å². The summed E-state index contributed by atoms with van der Waals surface area (Å²) >= 11 is 0. The second kappa shape index (κ2) is 6.24. The highest BCUT2D eigenvalue weighted by Crippen LogP contribution is 2.23. The Morgan fingerprint density at radius 1 is 0.880 bits per heavy atom. The molecule has 0 unspecified atom stereocenters. The van der Waals surface area contributed by atoms with Crippen molar-refractivity contribution in [3.63, 3.8) is 0 Å². The fraction of sp³-hybridized carbons (Fsp3) is 0.0476. The van der Waals surface area contributed by atoms with Gasteiger partial charge in [-0.15, -0.1) is 0 Å². The summed E-state index contributed by atoms with van der Waals surface area (Å²) in [5.41, 5.74) is 4.84. The highest BCUT2D eigenvalue weighted by atomic mass is 16.4. The van der Waals surface area contributed by atoms with Gasteiger partial charge in [-0.2, -0.15) is 0 Å². The van der Waals surface area contributed by atoms with E-state index in [-0.39, 0.29) is 5.56 Å². The third-order valence-electron chi connectivity index (χ3n) is 4.22. The maximum absolute atomic E-state index is 11.3. The Hall–Kier alpha value is -3.40. The van der Waals surface area contributed by atoms with Crippen LogP contribution in [0.2, 0.25) is 0 Å². The maximum Gasteiger partial charge on any atom is 0.337 e. The molecule has 0 aliphatic heterocycles. The van der Waals surface area contributed by atoms with E-state index < -0.39 is 5.97 Å². The van der Waals surface area contributed by atoms with Crippen molar-refractivity contribution in [3.05, 3.63) is 89.5 Å². The average Bonchev–Trinajstić information content (AvgIpc) is 3.07. The van der Waals surface area contributed by atoms with E-state index in [0.717, 1.165) is 17.5 Å². The molecule has 0 saturated carbocycles. The zero-order valence-corrected chi connectivity index (χ0v) is 13.4. The van der Waals surface area contributed by atoms with Crippen LogP contribution in [0.25, 0.3) is 22.4 Å². The van der Waals surface area contributed by atoms with E-state index in [2.05, 4.69) is 34.2 Å². The smallest absolute Gasteiger partial charge is 0.337 e. The van der Waals surface area contributed by atoms with Gasteiger partial charge in [-0.25, -0.2) is 9.78 Å². The molecule has 0 fully saturated rings. The number of fused-ring (bicyclic) bond motifs is 1. The number of nitrogens with one attached hydrogen (secondary N) is 1. The molecule has 122 valence electrons. The maximum atomic E-state index is 11.3. The molecule has 0 saturated heterocycles. The van der Waals surface area contributed by atoms with Crippen molar-refractivity contribution >= 4 is 17.0 Å².